The van der Waals surface area contributed by atoms with Gasteiger partial charge in [0.25, 0.3) is 6.43 Å². The van der Waals surface area contributed by atoms with E-state index in [0.29, 0.717) is 24.7 Å². The van der Waals surface area contributed by atoms with Crippen LogP contribution in [-0.2, 0) is 4.79 Å². The van der Waals surface area contributed by atoms with Gasteiger partial charge < -0.3 is 9.64 Å². The molecular formula is C17H17F3INO2. The lowest BCUT2D eigenvalue weighted by atomic mass is 10.0. The molecule has 0 N–H and O–H groups in total. The molecule has 1 heterocycles. The number of amides is 1. The van der Waals surface area contributed by atoms with Crippen molar-refractivity contribution in [3.05, 3.63) is 35.7 Å². The Labute approximate surface area is 152 Å². The molecule has 1 aromatic rings. The van der Waals surface area contributed by atoms with E-state index < -0.39 is 28.6 Å². The quantitative estimate of drug-likeness (QED) is 0.478. The van der Waals surface area contributed by atoms with Crippen molar-refractivity contribution in [2.75, 3.05) is 13.2 Å². The topological polar surface area (TPSA) is 29.5 Å². The zero-order valence-electron chi connectivity index (χ0n) is 12.9. The summed E-state index contributed by atoms with van der Waals surface area (Å²) < 4.78 is 45.2. The van der Waals surface area contributed by atoms with Gasteiger partial charge in [0.2, 0.25) is 5.91 Å². The average Bonchev–Trinajstić information content (AvgIpc) is 3.35. The lowest BCUT2D eigenvalue weighted by Gasteiger charge is -2.31. The average molecular weight is 451 g/mol. The van der Waals surface area contributed by atoms with Gasteiger partial charge in [-0.3, -0.25) is 4.79 Å². The van der Waals surface area contributed by atoms with Crippen molar-refractivity contribution >= 4 is 34.2 Å². The predicted molar refractivity (Wildman–Crippen MR) is 92.7 cm³/mol. The lowest BCUT2D eigenvalue weighted by molar-refractivity contribution is -0.128. The zero-order valence-corrected chi connectivity index (χ0v) is 15.0. The number of allylic oxidation sites excluding steroid dienone is 1. The Bertz CT molecular complexity index is 661. The first-order valence-corrected chi connectivity index (χ1v) is 9.06. The normalized spacial score (nSPS) is 21.2. The smallest absolute Gasteiger partial charge is 0.256 e. The predicted octanol–water partition coefficient (Wildman–Crippen LogP) is 4.26. The molecule has 3 nitrogen and oxygen atoms in total. The van der Waals surface area contributed by atoms with Gasteiger partial charge in [-0.05, 0) is 37.3 Å². The van der Waals surface area contributed by atoms with E-state index in [-0.39, 0.29) is 11.3 Å². The number of nitrogens with zero attached hydrogens (tertiary/aromatic N) is 1. The molecule has 0 aromatic heterocycles. The second-order valence-electron chi connectivity index (χ2n) is 6.03. The first-order valence-electron chi connectivity index (χ1n) is 7.82. The van der Waals surface area contributed by atoms with Crippen molar-refractivity contribution in [1.82, 2.24) is 4.90 Å². The molecule has 130 valence electrons. The fraction of sp³-hybridized carbons (Fsp3) is 0.471. The number of ether oxygens (including phenoxy) is 1. The summed E-state index contributed by atoms with van der Waals surface area (Å²) in [6, 6.07) is 4.35. The second kappa shape index (κ2) is 7.33. The number of carbonyl (C=O) groups excluding carboxylic acids is 1. The van der Waals surface area contributed by atoms with Crippen LogP contribution >= 0.6 is 22.6 Å². The van der Waals surface area contributed by atoms with Crippen LogP contribution in [0.4, 0.5) is 13.2 Å². The lowest BCUT2D eigenvalue weighted by Crippen LogP contribution is -2.41. The van der Waals surface area contributed by atoms with E-state index in [0.717, 1.165) is 17.7 Å². The molecule has 1 aromatic carbocycles. The first kappa shape index (κ1) is 17.6. The highest BCUT2D eigenvalue weighted by molar-refractivity contribution is 14.1. The van der Waals surface area contributed by atoms with Crippen LogP contribution in [0.3, 0.4) is 0 Å². The molecule has 1 aliphatic heterocycles. The maximum Gasteiger partial charge on any atom is 0.256 e. The highest BCUT2D eigenvalue weighted by Gasteiger charge is 2.32. The summed E-state index contributed by atoms with van der Waals surface area (Å²) in [5, 5.41) is 0. The summed E-state index contributed by atoms with van der Waals surface area (Å²) in [5.74, 6) is -0.0259. The minimum absolute atomic E-state index is 0.145. The van der Waals surface area contributed by atoms with Gasteiger partial charge in [0.05, 0.1) is 22.8 Å². The van der Waals surface area contributed by atoms with E-state index in [9.17, 15) is 18.0 Å². The third kappa shape index (κ3) is 4.04. The van der Waals surface area contributed by atoms with E-state index in [4.69, 9.17) is 4.74 Å². The largest absolute Gasteiger partial charge is 0.493 e. The highest BCUT2D eigenvalue weighted by atomic mass is 127. The van der Waals surface area contributed by atoms with Crippen molar-refractivity contribution in [3.8, 4) is 5.75 Å². The Kier molecular flexibility index (Phi) is 5.36. The van der Waals surface area contributed by atoms with Crippen molar-refractivity contribution in [3.63, 3.8) is 0 Å². The molecule has 7 heteroatoms. The number of alkyl halides is 3. The third-order valence-corrected chi connectivity index (χ3v) is 5.10. The molecule has 1 fully saturated rings. The van der Waals surface area contributed by atoms with Gasteiger partial charge in [-0.2, -0.15) is 0 Å². The fourth-order valence-corrected chi connectivity index (χ4v) is 3.18. The maximum atomic E-state index is 14.5. The number of rotatable bonds is 6. The maximum absolute atomic E-state index is 14.5. The summed E-state index contributed by atoms with van der Waals surface area (Å²) in [6.45, 7) is -0.169. The minimum atomic E-state index is -2.68. The van der Waals surface area contributed by atoms with E-state index in [2.05, 4.69) is 0 Å². The van der Waals surface area contributed by atoms with Gasteiger partial charge in [0.15, 0.2) is 0 Å². The molecular weight excluding hydrogens is 434 g/mol. The van der Waals surface area contributed by atoms with E-state index in [1.54, 1.807) is 12.1 Å². The van der Waals surface area contributed by atoms with Crippen molar-refractivity contribution in [1.29, 1.82) is 0 Å². The van der Waals surface area contributed by atoms with Crippen molar-refractivity contribution in [2.45, 2.75) is 29.6 Å². The molecule has 2 aliphatic rings. The van der Waals surface area contributed by atoms with Crippen LogP contribution < -0.4 is 4.74 Å². The minimum Gasteiger partial charge on any atom is -0.493 e. The van der Waals surface area contributed by atoms with E-state index in [1.807, 2.05) is 22.6 Å². The Balaban J connectivity index is 1.83. The summed E-state index contributed by atoms with van der Waals surface area (Å²) in [7, 11) is 0. The number of carbonyl (C=O) groups is 1. The Morgan fingerprint density at radius 3 is 2.71 bits per heavy atom. The molecule has 1 saturated carbocycles. The fourth-order valence-electron chi connectivity index (χ4n) is 2.59. The van der Waals surface area contributed by atoms with Gasteiger partial charge in [-0.1, -0.05) is 28.7 Å². The molecule has 3 rings (SSSR count). The van der Waals surface area contributed by atoms with Gasteiger partial charge in [0, 0.05) is 11.6 Å². The van der Waals surface area contributed by atoms with Gasteiger partial charge in [-0.25, -0.2) is 13.2 Å². The van der Waals surface area contributed by atoms with Crippen LogP contribution in [0.15, 0.2) is 24.3 Å². The van der Waals surface area contributed by atoms with Crippen LogP contribution in [-0.4, -0.2) is 34.3 Å². The third-order valence-electron chi connectivity index (χ3n) is 4.06. The molecule has 0 saturated heterocycles. The Hall–Kier alpha value is -1.25. The molecule has 1 atom stereocenters. The van der Waals surface area contributed by atoms with Crippen LogP contribution in [0, 0.1) is 11.7 Å². The second-order valence-corrected chi connectivity index (χ2v) is 7.53. The van der Waals surface area contributed by atoms with Crippen LogP contribution in [0.5, 0.6) is 5.75 Å². The van der Waals surface area contributed by atoms with Crippen molar-refractivity contribution < 1.29 is 22.7 Å². The number of hydrogen-bond donors (Lipinski definition) is 0. The molecule has 0 bridgehead atoms. The summed E-state index contributed by atoms with van der Waals surface area (Å²) in [6.07, 6.45) is 1.63. The van der Waals surface area contributed by atoms with Crippen molar-refractivity contribution in [2.24, 2.45) is 5.92 Å². The standard InChI is InChI=1S/C17H17F3INO2/c18-13-7-11(24-9-10-1-2-10)3-4-12(13)15-6-5-14(21)17(23)22(15)8-16(19)20/h3-4,6-7,10,14,16H,1-2,5,8-9H2. The molecule has 0 spiro atoms. The molecule has 1 amide bonds. The van der Waals surface area contributed by atoms with Gasteiger partial charge in [0.1, 0.15) is 11.6 Å². The Morgan fingerprint density at radius 2 is 2.08 bits per heavy atom. The summed E-state index contributed by atoms with van der Waals surface area (Å²) in [4.78, 5) is 13.2. The molecule has 24 heavy (non-hydrogen) atoms. The zero-order chi connectivity index (χ0) is 17.3. The SMILES string of the molecule is O=C1C(I)CC=C(c2ccc(OCC3CC3)cc2F)N1CC(F)F. The Morgan fingerprint density at radius 1 is 1.33 bits per heavy atom. The molecule has 1 aliphatic carbocycles. The number of benzene rings is 1. The summed E-state index contributed by atoms with van der Waals surface area (Å²) in [5.41, 5.74) is 0.352. The first-order chi connectivity index (χ1) is 11.5. The van der Waals surface area contributed by atoms with Crippen LogP contribution in [0.2, 0.25) is 0 Å². The number of hydrogen-bond acceptors (Lipinski definition) is 2. The van der Waals surface area contributed by atoms with Gasteiger partial charge in [-0.15, -0.1) is 0 Å². The monoisotopic (exact) mass is 451 g/mol. The summed E-state index contributed by atoms with van der Waals surface area (Å²) >= 11 is 1.92. The van der Waals surface area contributed by atoms with Gasteiger partial charge >= 0.3 is 0 Å². The molecule has 1 unspecified atom stereocenters. The van der Waals surface area contributed by atoms with Crippen LogP contribution in [0.25, 0.3) is 5.70 Å². The number of halogens is 4. The van der Waals surface area contributed by atoms with E-state index in [1.165, 1.54) is 12.1 Å². The van der Waals surface area contributed by atoms with Crippen LogP contribution in [0.1, 0.15) is 24.8 Å². The van der Waals surface area contributed by atoms with E-state index >= 15 is 0 Å². The molecule has 0 radical (unpaired) electrons. The highest BCUT2D eigenvalue weighted by Crippen LogP contribution is 2.33.